The molecule has 0 radical (unpaired) electrons. The Kier molecular flexibility index (Phi) is 6.67. The Balaban J connectivity index is 1.60. The van der Waals surface area contributed by atoms with Crippen LogP contribution in [0.3, 0.4) is 0 Å². The molecule has 1 saturated heterocycles. The number of thiocarbonyl (C=S) groups is 1. The molecule has 2 aliphatic heterocycles. The van der Waals surface area contributed by atoms with Crippen molar-refractivity contribution in [1.82, 2.24) is 15.2 Å². The third-order valence-corrected chi connectivity index (χ3v) is 7.34. The number of aromatic amines is 1. The molecule has 2 aromatic carbocycles. The largest absolute Gasteiger partial charge is 0.493 e. The van der Waals surface area contributed by atoms with Crippen molar-refractivity contribution in [2.75, 3.05) is 33.9 Å². The zero-order valence-corrected chi connectivity index (χ0v) is 21.2. The van der Waals surface area contributed by atoms with Gasteiger partial charge < -0.3 is 29.4 Å². The number of nitrogens with one attached hydrogen (secondary N) is 2. The predicted octanol–water partition coefficient (Wildman–Crippen LogP) is 3.85. The molecule has 1 fully saturated rings. The van der Waals surface area contributed by atoms with Crippen LogP contribution in [0.1, 0.15) is 41.1 Å². The van der Waals surface area contributed by atoms with Crippen molar-refractivity contribution in [1.29, 1.82) is 0 Å². The molecule has 0 unspecified atom stereocenters. The van der Waals surface area contributed by atoms with E-state index in [2.05, 4.69) is 21.3 Å². The van der Waals surface area contributed by atoms with Crippen molar-refractivity contribution in [2.45, 2.75) is 38.3 Å². The number of nitrogens with zero attached hydrogens (tertiary/aromatic N) is 1. The standard InChI is InChI=1S/C27H31N3O4S/c1-16-6-7-22-18(11-16)12-21(26(31)29-22)25-20-14-24(33-3)23(32-2)13-17(20)8-9-30(25)27(35)28-15-19-5-4-10-34-19/h6-7,11-14,19,25H,4-5,8-10,15H2,1-3H3,(H,28,35)(H,29,31)/t19-,25+/m1/s1. The molecular weight excluding hydrogens is 462 g/mol. The zero-order chi connectivity index (χ0) is 24.5. The number of benzene rings is 2. The van der Waals surface area contributed by atoms with E-state index in [4.69, 9.17) is 26.4 Å². The van der Waals surface area contributed by atoms with Crippen LogP contribution in [0.25, 0.3) is 10.9 Å². The molecule has 5 rings (SSSR count). The number of H-pyrrole nitrogens is 1. The molecule has 0 saturated carbocycles. The van der Waals surface area contributed by atoms with Gasteiger partial charge >= 0.3 is 0 Å². The summed E-state index contributed by atoms with van der Waals surface area (Å²) in [5, 5.41) is 5.02. The molecule has 7 nitrogen and oxygen atoms in total. The Labute approximate surface area is 210 Å². The minimum atomic E-state index is -0.364. The normalized spacial score (nSPS) is 19.5. The van der Waals surface area contributed by atoms with Gasteiger partial charge in [-0.1, -0.05) is 11.6 Å². The number of fused-ring (bicyclic) bond motifs is 2. The maximum absolute atomic E-state index is 13.4. The van der Waals surface area contributed by atoms with Crippen molar-refractivity contribution in [2.24, 2.45) is 0 Å². The van der Waals surface area contributed by atoms with Gasteiger partial charge in [0.2, 0.25) is 0 Å². The Morgan fingerprint density at radius 3 is 2.71 bits per heavy atom. The van der Waals surface area contributed by atoms with Gasteiger partial charge in [-0.15, -0.1) is 0 Å². The average molecular weight is 494 g/mol. The lowest BCUT2D eigenvalue weighted by atomic mass is 9.88. The highest BCUT2D eigenvalue weighted by Gasteiger charge is 2.34. The van der Waals surface area contributed by atoms with Crippen molar-refractivity contribution in [3.63, 3.8) is 0 Å². The van der Waals surface area contributed by atoms with Crippen molar-refractivity contribution in [3.05, 3.63) is 69.0 Å². The number of aromatic nitrogens is 1. The molecule has 35 heavy (non-hydrogen) atoms. The Morgan fingerprint density at radius 2 is 1.97 bits per heavy atom. The lowest BCUT2D eigenvalue weighted by molar-refractivity contribution is 0.113. The number of pyridine rings is 1. The summed E-state index contributed by atoms with van der Waals surface area (Å²) in [6, 6.07) is 11.7. The van der Waals surface area contributed by atoms with Gasteiger partial charge in [-0.25, -0.2) is 0 Å². The van der Waals surface area contributed by atoms with Crippen molar-refractivity contribution >= 4 is 28.2 Å². The van der Waals surface area contributed by atoms with Crippen LogP contribution in [0.15, 0.2) is 41.2 Å². The van der Waals surface area contributed by atoms with Crippen LogP contribution in [0.4, 0.5) is 0 Å². The summed E-state index contributed by atoms with van der Waals surface area (Å²) >= 11 is 5.88. The summed E-state index contributed by atoms with van der Waals surface area (Å²) in [6.07, 6.45) is 3.05. The van der Waals surface area contributed by atoms with E-state index in [0.717, 1.165) is 53.5 Å². The number of ether oxygens (including phenoxy) is 3. The van der Waals surface area contributed by atoms with Gasteiger partial charge in [0.05, 0.1) is 26.4 Å². The van der Waals surface area contributed by atoms with E-state index in [1.165, 1.54) is 0 Å². The molecular formula is C27H31N3O4S. The van der Waals surface area contributed by atoms with E-state index < -0.39 is 0 Å². The summed E-state index contributed by atoms with van der Waals surface area (Å²) in [6.45, 7) is 4.18. The number of rotatable bonds is 5. The lowest BCUT2D eigenvalue weighted by Crippen LogP contribution is -2.48. The molecule has 0 amide bonds. The Hall–Kier alpha value is -3.10. The SMILES string of the molecule is COc1cc2c(cc1OC)[C@@H](c1cc3cc(C)ccc3[nH]c1=O)N(C(=S)NC[C@H]1CCCO1)CC2. The van der Waals surface area contributed by atoms with Crippen LogP contribution in [0.2, 0.25) is 0 Å². The zero-order valence-electron chi connectivity index (χ0n) is 20.3. The molecule has 0 bridgehead atoms. The van der Waals surface area contributed by atoms with Crippen LogP contribution in [-0.2, 0) is 11.2 Å². The van der Waals surface area contributed by atoms with Crippen LogP contribution in [0, 0.1) is 6.92 Å². The van der Waals surface area contributed by atoms with Gasteiger partial charge in [-0.2, -0.15) is 0 Å². The molecule has 1 aromatic heterocycles. The van der Waals surface area contributed by atoms with Gasteiger partial charge in [0.1, 0.15) is 0 Å². The van der Waals surface area contributed by atoms with Crippen molar-refractivity contribution < 1.29 is 14.2 Å². The first kappa shape index (κ1) is 23.6. The molecule has 3 heterocycles. The highest BCUT2D eigenvalue weighted by molar-refractivity contribution is 7.80. The quantitative estimate of drug-likeness (QED) is 0.523. The van der Waals surface area contributed by atoms with Crippen molar-refractivity contribution in [3.8, 4) is 11.5 Å². The number of methoxy groups -OCH3 is 2. The maximum Gasteiger partial charge on any atom is 0.254 e. The smallest absolute Gasteiger partial charge is 0.254 e. The van der Waals surface area contributed by atoms with Gasteiger partial charge in [-0.3, -0.25) is 4.79 Å². The van der Waals surface area contributed by atoms with Gasteiger partial charge in [0, 0.05) is 30.8 Å². The minimum absolute atomic E-state index is 0.124. The second-order valence-corrected chi connectivity index (χ2v) is 9.60. The van der Waals surface area contributed by atoms with E-state index in [1.807, 2.05) is 37.3 Å². The van der Waals surface area contributed by atoms with Crippen LogP contribution < -0.4 is 20.3 Å². The number of hydrogen-bond acceptors (Lipinski definition) is 5. The van der Waals surface area contributed by atoms with Gasteiger partial charge in [0.15, 0.2) is 16.6 Å². The van der Waals surface area contributed by atoms with Crippen LogP contribution >= 0.6 is 12.2 Å². The Morgan fingerprint density at radius 1 is 1.17 bits per heavy atom. The molecule has 0 spiro atoms. The van der Waals surface area contributed by atoms with Gasteiger partial charge in [-0.05, 0) is 85.2 Å². The summed E-state index contributed by atoms with van der Waals surface area (Å²) in [4.78, 5) is 18.6. The lowest BCUT2D eigenvalue weighted by Gasteiger charge is -2.39. The summed E-state index contributed by atoms with van der Waals surface area (Å²) in [5.41, 5.74) is 4.59. The third kappa shape index (κ3) is 4.60. The Bertz CT molecular complexity index is 1320. The van der Waals surface area contributed by atoms with E-state index in [0.29, 0.717) is 35.3 Å². The van der Waals surface area contributed by atoms with E-state index in [1.54, 1.807) is 14.2 Å². The molecule has 2 aliphatic rings. The molecule has 3 aromatic rings. The fourth-order valence-electron chi connectivity index (χ4n) is 5.15. The summed E-state index contributed by atoms with van der Waals surface area (Å²) in [5.74, 6) is 1.31. The predicted molar refractivity (Wildman–Crippen MR) is 141 cm³/mol. The summed E-state index contributed by atoms with van der Waals surface area (Å²) in [7, 11) is 3.26. The number of hydrogen-bond donors (Lipinski definition) is 2. The molecule has 8 heteroatoms. The monoisotopic (exact) mass is 493 g/mol. The highest BCUT2D eigenvalue weighted by Crippen LogP contribution is 2.40. The molecule has 2 atom stereocenters. The first-order chi connectivity index (χ1) is 17.0. The average Bonchev–Trinajstić information content (AvgIpc) is 3.39. The fraction of sp³-hybridized carbons (Fsp3) is 0.407. The molecule has 0 aliphatic carbocycles. The van der Waals surface area contributed by atoms with Crippen LogP contribution in [-0.4, -0.2) is 55.0 Å². The summed E-state index contributed by atoms with van der Waals surface area (Å²) < 4.78 is 16.9. The first-order valence-corrected chi connectivity index (χ1v) is 12.4. The van der Waals surface area contributed by atoms with E-state index in [9.17, 15) is 4.79 Å². The second-order valence-electron chi connectivity index (χ2n) is 9.22. The molecule has 2 N–H and O–H groups in total. The maximum atomic E-state index is 13.4. The fourth-order valence-corrected chi connectivity index (χ4v) is 5.43. The van der Waals surface area contributed by atoms with Gasteiger partial charge in [0.25, 0.3) is 5.56 Å². The second kappa shape index (κ2) is 9.87. The first-order valence-electron chi connectivity index (χ1n) is 12.0. The topological polar surface area (TPSA) is 75.8 Å². The number of aryl methyl sites for hydroxylation is 1. The minimum Gasteiger partial charge on any atom is -0.493 e. The highest BCUT2D eigenvalue weighted by atomic mass is 32.1. The van der Waals surface area contributed by atoms with Crippen LogP contribution in [0.5, 0.6) is 11.5 Å². The molecule has 184 valence electrons. The third-order valence-electron chi connectivity index (χ3n) is 6.96. The van der Waals surface area contributed by atoms with E-state index in [-0.39, 0.29) is 17.7 Å². The van der Waals surface area contributed by atoms with E-state index >= 15 is 0 Å².